The first-order chi connectivity index (χ1) is 19.8. The van der Waals surface area contributed by atoms with Gasteiger partial charge in [0, 0.05) is 5.41 Å². The molecule has 2 aromatic rings. The molecular weight excluding hydrogens is 528 g/mol. The van der Waals surface area contributed by atoms with E-state index in [1.54, 1.807) is 0 Å². The van der Waals surface area contributed by atoms with Gasteiger partial charge in [-0.3, -0.25) is 0 Å². The molecule has 3 fully saturated rings. The predicted octanol–water partition coefficient (Wildman–Crippen LogP) is 8.03. The van der Waals surface area contributed by atoms with Crippen LogP contribution in [0.3, 0.4) is 0 Å². The van der Waals surface area contributed by atoms with E-state index < -0.39 is 16.8 Å². The lowest BCUT2D eigenvalue weighted by atomic mass is 9.45. The summed E-state index contributed by atoms with van der Waals surface area (Å²) < 4.78 is 18.2. The highest BCUT2D eigenvalue weighted by molar-refractivity contribution is 7.91. The molecule has 5 heteroatoms. The van der Waals surface area contributed by atoms with E-state index in [1.165, 1.54) is 29.5 Å². The Hall–Kier alpha value is -1.69. The summed E-state index contributed by atoms with van der Waals surface area (Å²) >= 11 is -0.664. The minimum Gasteiger partial charge on any atom is -0.616 e. The molecule has 2 bridgehead atoms. The van der Waals surface area contributed by atoms with E-state index in [1.807, 2.05) is 12.1 Å². The van der Waals surface area contributed by atoms with Crippen molar-refractivity contribution in [2.24, 2.45) is 16.7 Å². The standard InChI is InChI=1S/C36H50O4S/c1-3-4-7-22-41(39)23-8-5-6-21-40-29-13-9-26(10-14-29)31-25-34(2)35(17-19-36(34,38)20-18-35)32-16-11-27-24-28(37)12-15-30(27)33(31)32/h9-10,12-15,24,31-33,37-38H,3-8,11,16-23,25H2,1-2H3/t31-,32-,33+,34+,35-,36+,41?/m1/s1. The van der Waals surface area contributed by atoms with Crippen LogP contribution < -0.4 is 4.74 Å². The fourth-order valence-corrected chi connectivity index (χ4v) is 11.1. The maximum absolute atomic E-state index is 12.1. The van der Waals surface area contributed by atoms with Crippen molar-refractivity contribution >= 4 is 11.2 Å². The summed E-state index contributed by atoms with van der Waals surface area (Å²) in [5.74, 6) is 4.30. The minimum atomic E-state index is -0.664. The number of benzene rings is 2. The average Bonchev–Trinajstić information content (AvgIpc) is 3.34. The van der Waals surface area contributed by atoms with Gasteiger partial charge in [-0.15, -0.1) is 0 Å². The van der Waals surface area contributed by atoms with Gasteiger partial charge < -0.3 is 19.5 Å². The van der Waals surface area contributed by atoms with Crippen LogP contribution in [0, 0.1) is 16.7 Å². The van der Waals surface area contributed by atoms with Crippen molar-refractivity contribution < 1.29 is 19.5 Å². The molecule has 0 aromatic heterocycles. The van der Waals surface area contributed by atoms with Crippen LogP contribution in [0.5, 0.6) is 11.5 Å². The maximum atomic E-state index is 12.1. The van der Waals surface area contributed by atoms with Gasteiger partial charge in [-0.25, -0.2) is 0 Å². The van der Waals surface area contributed by atoms with Crippen molar-refractivity contribution in [1.82, 2.24) is 0 Å². The second-order valence-corrected chi connectivity index (χ2v) is 15.6. The number of aryl methyl sites for hydroxylation is 1. The summed E-state index contributed by atoms with van der Waals surface area (Å²) in [5, 5.41) is 22.1. The molecule has 0 radical (unpaired) electrons. The SMILES string of the molecule is CCCCC[S+]([O-])CCCCCOc1ccc([C@H]2C[C@]3(C)[C@]4(O)CC[C@@]3(CC4)[C@@H]3CCc4cc(O)ccc4[C@@H]23)cc1. The van der Waals surface area contributed by atoms with E-state index in [-0.39, 0.29) is 10.8 Å². The van der Waals surface area contributed by atoms with Gasteiger partial charge in [0.05, 0.1) is 12.2 Å². The molecule has 4 aliphatic rings. The van der Waals surface area contributed by atoms with Gasteiger partial charge in [0.15, 0.2) is 0 Å². The highest BCUT2D eigenvalue weighted by Gasteiger charge is 2.74. The lowest BCUT2D eigenvalue weighted by Gasteiger charge is -2.59. The molecule has 4 nitrogen and oxygen atoms in total. The molecule has 41 heavy (non-hydrogen) atoms. The molecular formula is C36H50O4S. The van der Waals surface area contributed by atoms with Crippen molar-refractivity contribution in [3.05, 3.63) is 59.2 Å². The van der Waals surface area contributed by atoms with Gasteiger partial charge in [-0.1, -0.05) is 49.6 Å². The lowest BCUT2D eigenvalue weighted by molar-refractivity contribution is -0.108. The first-order valence-corrected chi connectivity index (χ1v) is 17.9. The fourth-order valence-electron chi connectivity index (χ4n) is 9.86. The number of hydrogen-bond donors (Lipinski definition) is 2. The Labute approximate surface area is 250 Å². The molecule has 0 aliphatic heterocycles. The Balaban J connectivity index is 1.13. The number of aliphatic hydroxyl groups is 1. The van der Waals surface area contributed by atoms with Crippen LogP contribution >= 0.6 is 0 Å². The summed E-state index contributed by atoms with van der Waals surface area (Å²) in [6, 6.07) is 14.9. The normalized spacial score (nSPS) is 34.1. The zero-order chi connectivity index (χ0) is 28.7. The topological polar surface area (TPSA) is 72.8 Å². The average molecular weight is 579 g/mol. The van der Waals surface area contributed by atoms with Crippen LogP contribution in [-0.2, 0) is 17.6 Å². The number of phenols is 1. The zero-order valence-corrected chi connectivity index (χ0v) is 26.0. The zero-order valence-electron chi connectivity index (χ0n) is 25.2. The van der Waals surface area contributed by atoms with Crippen LogP contribution in [-0.4, -0.2) is 38.5 Å². The third kappa shape index (κ3) is 5.12. The molecule has 0 heterocycles. The minimum absolute atomic E-state index is 0.0465. The van der Waals surface area contributed by atoms with Crippen molar-refractivity contribution in [3.63, 3.8) is 0 Å². The maximum Gasteiger partial charge on any atom is 0.119 e. The Kier molecular flexibility index (Phi) is 8.44. The fraction of sp³-hybridized carbons (Fsp3) is 0.667. The van der Waals surface area contributed by atoms with E-state index in [9.17, 15) is 14.8 Å². The Bertz CT molecular complexity index is 1190. The van der Waals surface area contributed by atoms with Gasteiger partial charge in [-0.05, 0) is 141 Å². The van der Waals surface area contributed by atoms with Crippen molar-refractivity contribution in [1.29, 1.82) is 0 Å². The Morgan fingerprint density at radius 2 is 1.68 bits per heavy atom. The van der Waals surface area contributed by atoms with E-state index in [0.717, 1.165) is 87.9 Å². The van der Waals surface area contributed by atoms with E-state index in [2.05, 4.69) is 44.2 Å². The van der Waals surface area contributed by atoms with E-state index >= 15 is 0 Å². The molecule has 4 aliphatic carbocycles. The van der Waals surface area contributed by atoms with Crippen LogP contribution in [0.1, 0.15) is 119 Å². The van der Waals surface area contributed by atoms with Gasteiger partial charge in [0.2, 0.25) is 0 Å². The van der Waals surface area contributed by atoms with Crippen molar-refractivity contribution in [3.8, 4) is 11.5 Å². The van der Waals surface area contributed by atoms with Crippen LogP contribution in [0.2, 0.25) is 0 Å². The second-order valence-electron chi connectivity index (χ2n) is 13.9. The van der Waals surface area contributed by atoms with Crippen molar-refractivity contribution in [2.45, 2.75) is 115 Å². The summed E-state index contributed by atoms with van der Waals surface area (Å²) in [4.78, 5) is 0. The largest absolute Gasteiger partial charge is 0.616 e. The number of phenolic OH excluding ortho intramolecular Hbond substituents is 1. The third-order valence-electron chi connectivity index (χ3n) is 12.1. The predicted molar refractivity (Wildman–Crippen MR) is 167 cm³/mol. The highest BCUT2D eigenvalue weighted by Crippen LogP contribution is 2.79. The number of aromatic hydroxyl groups is 1. The number of hydrogen-bond acceptors (Lipinski definition) is 4. The van der Waals surface area contributed by atoms with Crippen LogP contribution in [0.15, 0.2) is 42.5 Å². The van der Waals surface area contributed by atoms with Gasteiger partial charge >= 0.3 is 0 Å². The Morgan fingerprint density at radius 1 is 0.951 bits per heavy atom. The van der Waals surface area contributed by atoms with Gasteiger partial charge in [-0.2, -0.15) is 0 Å². The lowest BCUT2D eigenvalue weighted by Crippen LogP contribution is -2.54. The number of rotatable bonds is 12. The van der Waals surface area contributed by atoms with E-state index in [4.69, 9.17) is 4.74 Å². The molecule has 0 spiro atoms. The third-order valence-corrected chi connectivity index (χ3v) is 13.6. The molecule has 2 N–H and O–H groups in total. The summed E-state index contributed by atoms with van der Waals surface area (Å²) in [7, 11) is 0. The molecule has 224 valence electrons. The van der Waals surface area contributed by atoms with Gasteiger partial charge in [0.25, 0.3) is 0 Å². The molecule has 5 atom stereocenters. The van der Waals surface area contributed by atoms with Crippen molar-refractivity contribution in [2.75, 3.05) is 18.1 Å². The molecule has 0 amide bonds. The van der Waals surface area contributed by atoms with Crippen LogP contribution in [0.25, 0.3) is 0 Å². The molecule has 1 unspecified atom stereocenters. The first kappa shape index (κ1) is 29.4. The van der Waals surface area contributed by atoms with Crippen LogP contribution in [0.4, 0.5) is 0 Å². The summed E-state index contributed by atoms with van der Waals surface area (Å²) in [6.45, 7) is 5.30. The molecule has 2 aromatic carbocycles. The number of fused-ring (bicyclic) bond motifs is 3. The van der Waals surface area contributed by atoms with Gasteiger partial charge in [0.1, 0.15) is 23.0 Å². The quantitative estimate of drug-likeness (QED) is 0.198. The molecule has 3 saturated carbocycles. The molecule has 0 saturated heterocycles. The second kappa shape index (κ2) is 11.8. The summed E-state index contributed by atoms with van der Waals surface area (Å²) in [6.07, 6.45) is 13.9. The number of unbranched alkanes of at least 4 members (excludes halogenated alkanes) is 4. The highest BCUT2D eigenvalue weighted by atomic mass is 32.2. The summed E-state index contributed by atoms with van der Waals surface area (Å²) in [5.41, 5.74) is 3.74. The monoisotopic (exact) mass is 578 g/mol. The number of ether oxygens (including phenoxy) is 1. The smallest absolute Gasteiger partial charge is 0.119 e. The molecule has 6 rings (SSSR count). The van der Waals surface area contributed by atoms with E-state index in [0.29, 0.717) is 30.1 Å². The first-order valence-electron chi connectivity index (χ1n) is 16.4. The Morgan fingerprint density at radius 3 is 2.41 bits per heavy atom.